The summed E-state index contributed by atoms with van der Waals surface area (Å²) >= 11 is 1.18. The van der Waals surface area contributed by atoms with Crippen LogP contribution in [0.4, 0.5) is 11.4 Å². The van der Waals surface area contributed by atoms with Gasteiger partial charge in [-0.2, -0.15) is 0 Å². The molecule has 0 atom stereocenters. The Morgan fingerprint density at radius 1 is 1.42 bits per heavy atom. The third-order valence-electron chi connectivity index (χ3n) is 2.32. The normalized spacial score (nSPS) is 10.4. The predicted molar refractivity (Wildman–Crippen MR) is 74.0 cm³/mol. The van der Waals surface area contributed by atoms with Crippen molar-refractivity contribution in [2.75, 3.05) is 16.8 Å². The molecule has 0 unspecified atom stereocenters. The summed E-state index contributed by atoms with van der Waals surface area (Å²) < 4.78 is 5.16. The molecule has 7 heteroatoms. The van der Waals surface area contributed by atoms with Gasteiger partial charge in [-0.1, -0.05) is 17.8 Å². The summed E-state index contributed by atoms with van der Waals surface area (Å²) in [5.41, 5.74) is 8.02. The number of aryl methyl sites for hydroxylation is 2. The summed E-state index contributed by atoms with van der Waals surface area (Å²) in [5.74, 6) is 0.497. The average Bonchev–Trinajstić information content (AvgIpc) is 2.76. The molecular formula is C12H14N4O2S. The van der Waals surface area contributed by atoms with Crippen molar-refractivity contribution in [1.29, 1.82) is 0 Å². The Kier molecular flexibility index (Phi) is 4.06. The molecule has 0 radical (unpaired) electrons. The molecule has 2 aromatic rings. The maximum atomic E-state index is 11.8. The SMILES string of the molecule is Cc1ccc(NC(=O)CSc2nnc(C)o2)c(N)c1. The van der Waals surface area contributed by atoms with Gasteiger partial charge in [0, 0.05) is 6.92 Å². The lowest BCUT2D eigenvalue weighted by Gasteiger charge is -2.07. The number of nitrogens with zero attached hydrogens (tertiary/aromatic N) is 2. The minimum absolute atomic E-state index is 0.170. The molecule has 0 fully saturated rings. The summed E-state index contributed by atoms with van der Waals surface area (Å²) in [5, 5.41) is 10.6. The highest BCUT2D eigenvalue weighted by Gasteiger charge is 2.09. The van der Waals surface area contributed by atoms with Crippen LogP contribution in [0.5, 0.6) is 0 Å². The van der Waals surface area contributed by atoms with Crippen molar-refractivity contribution in [2.24, 2.45) is 0 Å². The van der Waals surface area contributed by atoms with Crippen LogP contribution < -0.4 is 11.1 Å². The number of carbonyl (C=O) groups is 1. The standard InChI is InChI=1S/C12H14N4O2S/c1-7-3-4-10(9(13)5-7)14-11(17)6-19-12-16-15-8(2)18-12/h3-5H,6,13H2,1-2H3,(H,14,17). The minimum Gasteiger partial charge on any atom is -0.416 e. The predicted octanol–water partition coefficient (Wildman–Crippen LogP) is 2.00. The summed E-state index contributed by atoms with van der Waals surface area (Å²) in [7, 11) is 0. The second-order valence-electron chi connectivity index (χ2n) is 4.01. The van der Waals surface area contributed by atoms with Crippen LogP contribution in [0.1, 0.15) is 11.5 Å². The van der Waals surface area contributed by atoms with Gasteiger partial charge in [0.25, 0.3) is 5.22 Å². The first kappa shape index (κ1) is 13.4. The lowest BCUT2D eigenvalue weighted by atomic mass is 10.2. The molecule has 0 saturated carbocycles. The van der Waals surface area contributed by atoms with Crippen LogP contribution in [-0.2, 0) is 4.79 Å². The number of nitrogens with two attached hydrogens (primary N) is 1. The van der Waals surface area contributed by atoms with E-state index in [4.69, 9.17) is 10.2 Å². The van der Waals surface area contributed by atoms with E-state index in [2.05, 4.69) is 15.5 Å². The number of nitrogens with one attached hydrogen (secondary N) is 1. The van der Waals surface area contributed by atoms with Crippen LogP contribution in [0.3, 0.4) is 0 Å². The lowest BCUT2D eigenvalue weighted by molar-refractivity contribution is -0.113. The molecule has 19 heavy (non-hydrogen) atoms. The number of anilines is 2. The largest absolute Gasteiger partial charge is 0.416 e. The van der Waals surface area contributed by atoms with E-state index in [-0.39, 0.29) is 11.7 Å². The van der Waals surface area contributed by atoms with Crippen LogP contribution in [0, 0.1) is 13.8 Å². The smallest absolute Gasteiger partial charge is 0.277 e. The molecule has 1 heterocycles. The first-order chi connectivity index (χ1) is 9.04. The number of carbonyl (C=O) groups excluding carboxylic acids is 1. The molecule has 1 amide bonds. The summed E-state index contributed by atoms with van der Waals surface area (Å²) in [6.07, 6.45) is 0. The second kappa shape index (κ2) is 5.75. The molecule has 0 aliphatic rings. The van der Waals surface area contributed by atoms with Crippen molar-refractivity contribution >= 4 is 29.0 Å². The number of thioether (sulfide) groups is 1. The van der Waals surface area contributed by atoms with E-state index >= 15 is 0 Å². The highest BCUT2D eigenvalue weighted by molar-refractivity contribution is 7.99. The Labute approximate surface area is 114 Å². The Balaban J connectivity index is 1.90. The number of benzene rings is 1. The minimum atomic E-state index is -0.170. The Bertz CT molecular complexity index is 597. The van der Waals surface area contributed by atoms with Gasteiger partial charge < -0.3 is 15.5 Å². The number of aromatic nitrogens is 2. The fraction of sp³-hybridized carbons (Fsp3) is 0.250. The van der Waals surface area contributed by atoms with E-state index in [0.717, 1.165) is 5.56 Å². The molecule has 2 rings (SSSR count). The zero-order valence-corrected chi connectivity index (χ0v) is 11.5. The fourth-order valence-corrected chi connectivity index (χ4v) is 2.05. The van der Waals surface area contributed by atoms with Gasteiger partial charge in [-0.05, 0) is 24.6 Å². The fourth-order valence-electron chi connectivity index (χ4n) is 1.45. The molecule has 100 valence electrons. The third kappa shape index (κ3) is 3.72. The van der Waals surface area contributed by atoms with Gasteiger partial charge in [0.05, 0.1) is 17.1 Å². The number of hydrogen-bond acceptors (Lipinski definition) is 6. The van der Waals surface area contributed by atoms with Gasteiger partial charge in [-0.15, -0.1) is 10.2 Å². The number of hydrogen-bond donors (Lipinski definition) is 2. The molecular weight excluding hydrogens is 264 g/mol. The molecule has 0 saturated heterocycles. The van der Waals surface area contributed by atoms with E-state index in [1.165, 1.54) is 11.8 Å². The number of amides is 1. The van der Waals surface area contributed by atoms with Crippen molar-refractivity contribution in [3.8, 4) is 0 Å². The highest BCUT2D eigenvalue weighted by atomic mass is 32.2. The first-order valence-electron chi connectivity index (χ1n) is 5.63. The molecule has 1 aromatic heterocycles. The Morgan fingerprint density at radius 2 is 2.21 bits per heavy atom. The van der Waals surface area contributed by atoms with Gasteiger partial charge >= 0.3 is 0 Å². The lowest BCUT2D eigenvalue weighted by Crippen LogP contribution is -2.15. The summed E-state index contributed by atoms with van der Waals surface area (Å²) in [6.45, 7) is 3.64. The van der Waals surface area contributed by atoms with Crippen LogP contribution >= 0.6 is 11.8 Å². The maximum Gasteiger partial charge on any atom is 0.277 e. The first-order valence-corrected chi connectivity index (χ1v) is 6.62. The summed E-state index contributed by atoms with van der Waals surface area (Å²) in [4.78, 5) is 11.8. The van der Waals surface area contributed by atoms with Crippen LogP contribution in [0.25, 0.3) is 0 Å². The van der Waals surface area contributed by atoms with E-state index in [1.807, 2.05) is 19.1 Å². The third-order valence-corrected chi connectivity index (χ3v) is 3.13. The maximum absolute atomic E-state index is 11.8. The molecule has 1 aromatic carbocycles. The van der Waals surface area contributed by atoms with Gasteiger partial charge in [0.1, 0.15) is 0 Å². The van der Waals surface area contributed by atoms with Crippen molar-refractivity contribution in [1.82, 2.24) is 10.2 Å². The van der Waals surface area contributed by atoms with Crippen molar-refractivity contribution in [3.05, 3.63) is 29.7 Å². The van der Waals surface area contributed by atoms with E-state index in [0.29, 0.717) is 22.5 Å². The topological polar surface area (TPSA) is 94.0 Å². The monoisotopic (exact) mass is 278 g/mol. The van der Waals surface area contributed by atoms with Crippen LogP contribution in [0.15, 0.2) is 27.8 Å². The Morgan fingerprint density at radius 3 is 2.84 bits per heavy atom. The zero-order valence-electron chi connectivity index (χ0n) is 10.6. The molecule has 0 spiro atoms. The van der Waals surface area contributed by atoms with Gasteiger partial charge in [0.15, 0.2) is 0 Å². The molecule has 3 N–H and O–H groups in total. The quantitative estimate of drug-likeness (QED) is 0.656. The van der Waals surface area contributed by atoms with Crippen LogP contribution in [-0.4, -0.2) is 21.9 Å². The number of rotatable bonds is 4. The molecule has 6 nitrogen and oxygen atoms in total. The highest BCUT2D eigenvalue weighted by Crippen LogP contribution is 2.21. The zero-order chi connectivity index (χ0) is 13.8. The van der Waals surface area contributed by atoms with Gasteiger partial charge in [0.2, 0.25) is 11.8 Å². The van der Waals surface area contributed by atoms with Crippen molar-refractivity contribution in [3.63, 3.8) is 0 Å². The van der Waals surface area contributed by atoms with E-state index < -0.39 is 0 Å². The van der Waals surface area contributed by atoms with E-state index in [1.54, 1.807) is 13.0 Å². The molecule has 0 aliphatic carbocycles. The van der Waals surface area contributed by atoms with Gasteiger partial charge in [-0.3, -0.25) is 4.79 Å². The second-order valence-corrected chi connectivity index (χ2v) is 4.94. The average molecular weight is 278 g/mol. The van der Waals surface area contributed by atoms with E-state index in [9.17, 15) is 4.79 Å². The van der Waals surface area contributed by atoms with Gasteiger partial charge in [-0.25, -0.2) is 0 Å². The molecule has 0 aliphatic heterocycles. The number of nitrogen functional groups attached to an aromatic ring is 1. The summed E-state index contributed by atoms with van der Waals surface area (Å²) in [6, 6.07) is 5.48. The van der Waals surface area contributed by atoms with Crippen LogP contribution in [0.2, 0.25) is 0 Å². The molecule has 0 bridgehead atoms. The Hall–Kier alpha value is -2.02. The van der Waals surface area contributed by atoms with Crippen molar-refractivity contribution in [2.45, 2.75) is 19.1 Å². The van der Waals surface area contributed by atoms with Crippen molar-refractivity contribution < 1.29 is 9.21 Å².